The van der Waals surface area contributed by atoms with Gasteiger partial charge < -0.3 is 10.2 Å². The summed E-state index contributed by atoms with van der Waals surface area (Å²) in [6, 6.07) is 0.507. The van der Waals surface area contributed by atoms with Crippen LogP contribution in [0, 0.1) is 5.92 Å². The van der Waals surface area contributed by atoms with Crippen LogP contribution in [0.2, 0.25) is 0 Å². The zero-order valence-electron chi connectivity index (χ0n) is 13.3. The number of amides is 1. The number of carbonyl (C=O) groups is 1. The number of hydrogen-bond acceptors (Lipinski definition) is 3. The maximum absolute atomic E-state index is 12.1. The summed E-state index contributed by atoms with van der Waals surface area (Å²) in [5, 5.41) is 3.54. The van der Waals surface area contributed by atoms with E-state index in [1.54, 1.807) is 4.90 Å². The van der Waals surface area contributed by atoms with Crippen LogP contribution in [0.25, 0.3) is 0 Å². The average molecular weight is 269 g/mol. The molecule has 1 saturated heterocycles. The van der Waals surface area contributed by atoms with Gasteiger partial charge in [0.15, 0.2) is 0 Å². The summed E-state index contributed by atoms with van der Waals surface area (Å²) in [7, 11) is 3.68. The quantitative estimate of drug-likeness (QED) is 0.795. The minimum Gasteiger partial charge on any atom is -0.347 e. The van der Waals surface area contributed by atoms with Gasteiger partial charge in [0.25, 0.3) is 0 Å². The summed E-state index contributed by atoms with van der Waals surface area (Å²) in [6.07, 6.45) is 3.70. The summed E-state index contributed by atoms with van der Waals surface area (Å²) in [5.74, 6) is 0.897. The second-order valence-electron chi connectivity index (χ2n) is 6.35. The van der Waals surface area contributed by atoms with Crippen molar-refractivity contribution in [1.82, 2.24) is 15.1 Å². The number of likely N-dealkylation sites (N-methyl/N-ethyl adjacent to an activating group) is 1. The molecule has 0 spiro atoms. The second-order valence-corrected chi connectivity index (χ2v) is 6.35. The van der Waals surface area contributed by atoms with E-state index in [1.807, 2.05) is 21.0 Å². The van der Waals surface area contributed by atoms with E-state index in [0.29, 0.717) is 12.0 Å². The topological polar surface area (TPSA) is 35.6 Å². The standard InChI is InChI=1S/C15H31N3O/c1-12(2)10-16-11-14-8-6-7-9-18(14)13(3)15(19)17(4)5/h12-14,16H,6-11H2,1-5H3. The van der Waals surface area contributed by atoms with Crippen LogP contribution < -0.4 is 5.32 Å². The molecule has 0 radical (unpaired) electrons. The van der Waals surface area contributed by atoms with Crippen LogP contribution in [-0.4, -0.2) is 61.5 Å². The van der Waals surface area contributed by atoms with Crippen molar-refractivity contribution in [2.45, 2.75) is 52.1 Å². The van der Waals surface area contributed by atoms with Gasteiger partial charge in [-0.3, -0.25) is 9.69 Å². The lowest BCUT2D eigenvalue weighted by molar-refractivity contribution is -0.135. The third-order valence-electron chi connectivity index (χ3n) is 3.90. The number of nitrogens with one attached hydrogen (secondary N) is 1. The van der Waals surface area contributed by atoms with Crippen LogP contribution in [0.1, 0.15) is 40.0 Å². The molecule has 0 saturated carbocycles. The number of piperidine rings is 1. The molecule has 1 fully saturated rings. The van der Waals surface area contributed by atoms with E-state index in [0.717, 1.165) is 19.6 Å². The van der Waals surface area contributed by atoms with Gasteiger partial charge in [0.05, 0.1) is 6.04 Å². The number of nitrogens with zero attached hydrogens (tertiary/aromatic N) is 2. The fourth-order valence-corrected chi connectivity index (χ4v) is 2.81. The van der Waals surface area contributed by atoms with Gasteiger partial charge in [0, 0.05) is 26.7 Å². The van der Waals surface area contributed by atoms with Gasteiger partial charge >= 0.3 is 0 Å². The van der Waals surface area contributed by atoms with E-state index in [9.17, 15) is 4.79 Å². The summed E-state index contributed by atoms with van der Waals surface area (Å²) >= 11 is 0. The van der Waals surface area contributed by atoms with Crippen LogP contribution in [0.3, 0.4) is 0 Å². The van der Waals surface area contributed by atoms with Crippen LogP contribution in [-0.2, 0) is 4.79 Å². The normalized spacial score (nSPS) is 22.5. The van der Waals surface area contributed by atoms with Crippen LogP contribution >= 0.6 is 0 Å². The summed E-state index contributed by atoms with van der Waals surface area (Å²) in [4.78, 5) is 16.2. The predicted octanol–water partition coefficient (Wildman–Crippen LogP) is 1.56. The van der Waals surface area contributed by atoms with E-state index in [1.165, 1.54) is 19.3 Å². The Kier molecular flexibility index (Phi) is 6.80. The van der Waals surface area contributed by atoms with Crippen LogP contribution in [0.4, 0.5) is 0 Å². The molecular formula is C15H31N3O. The minimum absolute atomic E-state index is 0.00106. The van der Waals surface area contributed by atoms with Crippen molar-refractivity contribution < 1.29 is 4.79 Å². The summed E-state index contributed by atoms with van der Waals surface area (Å²) < 4.78 is 0. The SMILES string of the molecule is CC(C)CNCC1CCCCN1C(C)C(=O)N(C)C. The smallest absolute Gasteiger partial charge is 0.239 e. The molecule has 19 heavy (non-hydrogen) atoms. The van der Waals surface area contributed by atoms with Crippen molar-refractivity contribution in [3.63, 3.8) is 0 Å². The van der Waals surface area contributed by atoms with Gasteiger partial charge in [0.1, 0.15) is 0 Å². The fraction of sp³-hybridized carbons (Fsp3) is 0.933. The van der Waals surface area contributed by atoms with E-state index in [4.69, 9.17) is 0 Å². The molecule has 1 aliphatic rings. The molecule has 0 bridgehead atoms. The van der Waals surface area contributed by atoms with Crippen molar-refractivity contribution >= 4 is 5.91 Å². The van der Waals surface area contributed by atoms with Crippen molar-refractivity contribution in [3.05, 3.63) is 0 Å². The largest absolute Gasteiger partial charge is 0.347 e. The Hall–Kier alpha value is -0.610. The molecule has 4 nitrogen and oxygen atoms in total. The van der Waals surface area contributed by atoms with Gasteiger partial charge in [-0.25, -0.2) is 0 Å². The Balaban J connectivity index is 2.54. The molecule has 0 aromatic carbocycles. The molecular weight excluding hydrogens is 238 g/mol. The maximum atomic E-state index is 12.1. The first-order valence-electron chi connectivity index (χ1n) is 7.61. The van der Waals surface area contributed by atoms with Gasteiger partial charge in [-0.2, -0.15) is 0 Å². The molecule has 4 heteroatoms. The summed E-state index contributed by atoms with van der Waals surface area (Å²) in [6.45, 7) is 9.61. The first kappa shape index (κ1) is 16.4. The molecule has 1 amide bonds. The average Bonchev–Trinajstić information content (AvgIpc) is 2.37. The molecule has 1 N–H and O–H groups in total. The molecule has 2 atom stereocenters. The Morgan fingerprint density at radius 1 is 1.32 bits per heavy atom. The zero-order chi connectivity index (χ0) is 14.4. The molecule has 1 heterocycles. The van der Waals surface area contributed by atoms with Crippen LogP contribution in [0.5, 0.6) is 0 Å². The van der Waals surface area contributed by atoms with Gasteiger partial charge in [0.2, 0.25) is 5.91 Å². The maximum Gasteiger partial charge on any atom is 0.239 e. The molecule has 1 aliphatic heterocycles. The number of rotatable bonds is 6. The third kappa shape index (κ3) is 5.11. The van der Waals surface area contributed by atoms with E-state index in [-0.39, 0.29) is 11.9 Å². The van der Waals surface area contributed by atoms with E-state index < -0.39 is 0 Å². The monoisotopic (exact) mass is 269 g/mol. The lowest BCUT2D eigenvalue weighted by Gasteiger charge is -2.40. The summed E-state index contributed by atoms with van der Waals surface area (Å²) in [5.41, 5.74) is 0. The molecule has 1 rings (SSSR count). The molecule has 0 aromatic rings. The van der Waals surface area contributed by atoms with Gasteiger partial charge in [-0.05, 0) is 38.8 Å². The number of carbonyl (C=O) groups excluding carboxylic acids is 1. The van der Waals surface area contributed by atoms with Gasteiger partial charge in [-0.15, -0.1) is 0 Å². The van der Waals surface area contributed by atoms with Crippen molar-refractivity contribution in [2.75, 3.05) is 33.7 Å². The molecule has 112 valence electrons. The highest BCUT2D eigenvalue weighted by Crippen LogP contribution is 2.20. The van der Waals surface area contributed by atoms with Crippen molar-refractivity contribution in [3.8, 4) is 0 Å². The Bertz CT molecular complexity index is 279. The van der Waals surface area contributed by atoms with E-state index >= 15 is 0 Å². The van der Waals surface area contributed by atoms with Gasteiger partial charge in [-0.1, -0.05) is 20.3 Å². The minimum atomic E-state index is 0.00106. The van der Waals surface area contributed by atoms with Crippen LogP contribution in [0.15, 0.2) is 0 Å². The molecule has 2 unspecified atom stereocenters. The van der Waals surface area contributed by atoms with E-state index in [2.05, 4.69) is 24.1 Å². The third-order valence-corrected chi connectivity index (χ3v) is 3.90. The second kappa shape index (κ2) is 7.85. The Morgan fingerprint density at radius 3 is 2.58 bits per heavy atom. The Labute approximate surface area is 118 Å². The zero-order valence-corrected chi connectivity index (χ0v) is 13.3. The highest BCUT2D eigenvalue weighted by atomic mass is 16.2. The number of hydrogen-bond donors (Lipinski definition) is 1. The number of likely N-dealkylation sites (tertiary alicyclic amines) is 1. The highest BCUT2D eigenvalue weighted by molar-refractivity contribution is 5.81. The van der Waals surface area contributed by atoms with Crippen molar-refractivity contribution in [1.29, 1.82) is 0 Å². The Morgan fingerprint density at radius 2 is 2.00 bits per heavy atom. The first-order chi connectivity index (χ1) is 8.93. The van der Waals surface area contributed by atoms with Crippen molar-refractivity contribution in [2.24, 2.45) is 5.92 Å². The molecule has 0 aliphatic carbocycles. The predicted molar refractivity (Wildman–Crippen MR) is 80.2 cm³/mol. The highest BCUT2D eigenvalue weighted by Gasteiger charge is 2.30. The molecule has 0 aromatic heterocycles. The lowest BCUT2D eigenvalue weighted by Crippen LogP contribution is -2.54. The lowest BCUT2D eigenvalue weighted by atomic mass is 9.99. The first-order valence-corrected chi connectivity index (χ1v) is 7.61. The fourth-order valence-electron chi connectivity index (χ4n) is 2.81.